The van der Waals surface area contributed by atoms with Gasteiger partial charge < -0.3 is 10.0 Å². The summed E-state index contributed by atoms with van der Waals surface area (Å²) in [4.78, 5) is 1.19. The van der Waals surface area contributed by atoms with Crippen LogP contribution in [0, 0.1) is 0 Å². The fourth-order valence-corrected chi connectivity index (χ4v) is 1.95. The zero-order valence-corrected chi connectivity index (χ0v) is 10.6. The monoisotopic (exact) mass is 281 g/mol. The number of hydrogen-bond donors (Lipinski definition) is 1. The van der Waals surface area contributed by atoms with Gasteiger partial charge in [-0.05, 0) is 17.7 Å². The Labute approximate surface area is 115 Å². The van der Waals surface area contributed by atoms with Gasteiger partial charge in [-0.3, -0.25) is 0 Å². The van der Waals surface area contributed by atoms with Crippen molar-refractivity contribution in [3.8, 4) is 5.75 Å². The maximum absolute atomic E-state index is 12.7. The Hall–Kier alpha value is -2.17. The number of halogens is 3. The van der Waals surface area contributed by atoms with E-state index in [0.29, 0.717) is 5.69 Å². The fourth-order valence-electron chi connectivity index (χ4n) is 1.95. The van der Waals surface area contributed by atoms with Gasteiger partial charge in [-0.1, -0.05) is 36.4 Å². The highest BCUT2D eigenvalue weighted by Crippen LogP contribution is 2.26. The average molecular weight is 281 g/mol. The quantitative estimate of drug-likeness (QED) is 0.917. The number of alkyl halides is 3. The first-order valence-corrected chi connectivity index (χ1v) is 6.09. The molecule has 0 aliphatic carbocycles. The molecule has 0 saturated heterocycles. The van der Waals surface area contributed by atoms with Gasteiger partial charge in [-0.2, -0.15) is 13.2 Å². The Morgan fingerprint density at radius 1 is 0.950 bits per heavy atom. The van der Waals surface area contributed by atoms with Gasteiger partial charge in [0.2, 0.25) is 0 Å². The van der Waals surface area contributed by atoms with E-state index in [1.807, 2.05) is 6.07 Å². The van der Waals surface area contributed by atoms with E-state index >= 15 is 0 Å². The molecule has 0 heterocycles. The van der Waals surface area contributed by atoms with E-state index in [4.69, 9.17) is 0 Å². The molecule has 5 heteroatoms. The first-order valence-electron chi connectivity index (χ1n) is 6.09. The topological polar surface area (TPSA) is 23.5 Å². The van der Waals surface area contributed by atoms with Crippen LogP contribution in [0.3, 0.4) is 0 Å². The lowest BCUT2D eigenvalue weighted by molar-refractivity contribution is -0.119. The van der Waals surface area contributed by atoms with E-state index in [2.05, 4.69) is 0 Å². The highest BCUT2D eigenvalue weighted by atomic mass is 19.4. The third-order valence-electron chi connectivity index (χ3n) is 2.78. The third-order valence-corrected chi connectivity index (χ3v) is 2.78. The number of phenolic OH excluding ortho intramolecular Hbond substituents is 1. The van der Waals surface area contributed by atoms with Gasteiger partial charge in [0.05, 0.1) is 0 Å². The van der Waals surface area contributed by atoms with Gasteiger partial charge in [-0.25, -0.2) is 0 Å². The summed E-state index contributed by atoms with van der Waals surface area (Å²) in [6, 6.07) is 14.7. The zero-order valence-electron chi connectivity index (χ0n) is 10.6. The largest absolute Gasteiger partial charge is 0.508 e. The fraction of sp³-hybridized carbons (Fsp3) is 0.200. The van der Waals surface area contributed by atoms with Gasteiger partial charge >= 0.3 is 6.18 Å². The molecule has 0 bridgehead atoms. The molecule has 0 radical (unpaired) electrons. The van der Waals surface area contributed by atoms with Crippen LogP contribution < -0.4 is 4.90 Å². The summed E-state index contributed by atoms with van der Waals surface area (Å²) < 4.78 is 38.1. The first-order chi connectivity index (χ1) is 9.44. The maximum Gasteiger partial charge on any atom is 0.405 e. The minimum atomic E-state index is -4.31. The SMILES string of the molecule is Oc1cccc(N(Cc2ccccc2)CC(F)(F)F)c1. The lowest BCUT2D eigenvalue weighted by Gasteiger charge is -2.26. The molecular weight excluding hydrogens is 267 g/mol. The Bertz CT molecular complexity index is 555. The minimum absolute atomic E-state index is 0.0530. The highest BCUT2D eigenvalue weighted by Gasteiger charge is 2.31. The van der Waals surface area contributed by atoms with Crippen LogP contribution in [0.1, 0.15) is 5.56 Å². The number of phenols is 1. The normalized spacial score (nSPS) is 11.3. The van der Waals surface area contributed by atoms with E-state index < -0.39 is 12.7 Å². The number of rotatable bonds is 4. The number of anilines is 1. The molecule has 0 unspecified atom stereocenters. The number of benzene rings is 2. The van der Waals surface area contributed by atoms with Crippen molar-refractivity contribution in [2.45, 2.75) is 12.7 Å². The predicted molar refractivity (Wildman–Crippen MR) is 71.7 cm³/mol. The second-order valence-corrected chi connectivity index (χ2v) is 4.48. The molecule has 0 spiro atoms. The Morgan fingerprint density at radius 2 is 1.65 bits per heavy atom. The molecule has 2 aromatic carbocycles. The van der Waals surface area contributed by atoms with E-state index in [-0.39, 0.29) is 12.3 Å². The van der Waals surface area contributed by atoms with Crippen molar-refractivity contribution < 1.29 is 18.3 Å². The Balaban J connectivity index is 2.25. The molecule has 106 valence electrons. The third kappa shape index (κ3) is 4.19. The van der Waals surface area contributed by atoms with Crippen LogP contribution >= 0.6 is 0 Å². The molecular formula is C15H14F3NO. The van der Waals surface area contributed by atoms with Gasteiger partial charge in [0.1, 0.15) is 12.3 Å². The second-order valence-electron chi connectivity index (χ2n) is 4.48. The van der Waals surface area contributed by atoms with E-state index in [1.54, 1.807) is 30.3 Å². The van der Waals surface area contributed by atoms with Crippen LogP contribution in [-0.2, 0) is 6.54 Å². The summed E-state index contributed by atoms with van der Waals surface area (Å²) in [5.41, 5.74) is 1.12. The van der Waals surface area contributed by atoms with Crippen LogP contribution in [0.5, 0.6) is 5.75 Å². The van der Waals surface area contributed by atoms with Crippen LogP contribution in [0.25, 0.3) is 0 Å². The molecule has 0 atom stereocenters. The van der Waals surface area contributed by atoms with Crippen molar-refractivity contribution in [1.29, 1.82) is 0 Å². The average Bonchev–Trinajstić information content (AvgIpc) is 2.38. The van der Waals surface area contributed by atoms with E-state index in [9.17, 15) is 18.3 Å². The van der Waals surface area contributed by atoms with Crippen molar-refractivity contribution >= 4 is 5.69 Å². The van der Waals surface area contributed by atoms with Gasteiger partial charge in [0, 0.05) is 18.3 Å². The van der Waals surface area contributed by atoms with Gasteiger partial charge in [0.25, 0.3) is 0 Å². The van der Waals surface area contributed by atoms with Gasteiger partial charge in [0.15, 0.2) is 0 Å². The maximum atomic E-state index is 12.7. The molecule has 0 aromatic heterocycles. The summed E-state index contributed by atoms with van der Waals surface area (Å²) >= 11 is 0. The highest BCUT2D eigenvalue weighted by molar-refractivity contribution is 5.51. The molecule has 20 heavy (non-hydrogen) atoms. The minimum Gasteiger partial charge on any atom is -0.508 e. The molecule has 0 aliphatic rings. The molecule has 2 rings (SSSR count). The van der Waals surface area contributed by atoms with Gasteiger partial charge in [-0.15, -0.1) is 0 Å². The summed E-state index contributed by atoms with van der Waals surface area (Å²) in [5, 5.41) is 9.42. The Kier molecular flexibility index (Phi) is 4.17. The van der Waals surface area contributed by atoms with Crippen LogP contribution in [0.2, 0.25) is 0 Å². The standard InChI is InChI=1S/C15H14F3NO/c16-15(17,18)11-19(10-12-5-2-1-3-6-12)13-7-4-8-14(20)9-13/h1-9,20H,10-11H2. The van der Waals surface area contributed by atoms with Crippen molar-refractivity contribution in [1.82, 2.24) is 0 Å². The van der Waals surface area contributed by atoms with Crippen molar-refractivity contribution in [2.24, 2.45) is 0 Å². The molecule has 0 fully saturated rings. The van der Waals surface area contributed by atoms with Crippen LogP contribution in [-0.4, -0.2) is 17.8 Å². The van der Waals surface area contributed by atoms with Crippen molar-refractivity contribution in [3.05, 3.63) is 60.2 Å². The summed E-state index contributed by atoms with van der Waals surface area (Å²) in [5.74, 6) is -0.0530. The second kappa shape index (κ2) is 5.86. The number of hydrogen-bond acceptors (Lipinski definition) is 2. The summed E-state index contributed by atoms with van der Waals surface area (Å²) in [7, 11) is 0. The summed E-state index contributed by atoms with van der Waals surface area (Å²) in [6.45, 7) is -0.935. The first kappa shape index (κ1) is 14.2. The number of nitrogens with zero attached hydrogens (tertiary/aromatic N) is 1. The van der Waals surface area contributed by atoms with Crippen LogP contribution in [0.4, 0.5) is 18.9 Å². The summed E-state index contributed by atoms with van der Waals surface area (Å²) in [6.07, 6.45) is -4.31. The molecule has 0 saturated carbocycles. The van der Waals surface area contributed by atoms with Crippen molar-refractivity contribution in [2.75, 3.05) is 11.4 Å². The molecule has 1 N–H and O–H groups in total. The van der Waals surface area contributed by atoms with Crippen molar-refractivity contribution in [3.63, 3.8) is 0 Å². The van der Waals surface area contributed by atoms with E-state index in [0.717, 1.165) is 5.56 Å². The lowest BCUT2D eigenvalue weighted by atomic mass is 10.2. The predicted octanol–water partition coefficient (Wildman–Crippen LogP) is 3.96. The smallest absolute Gasteiger partial charge is 0.405 e. The molecule has 2 nitrogen and oxygen atoms in total. The zero-order chi connectivity index (χ0) is 14.6. The van der Waals surface area contributed by atoms with E-state index in [1.165, 1.54) is 23.1 Å². The molecule has 0 aliphatic heterocycles. The van der Waals surface area contributed by atoms with Crippen LogP contribution in [0.15, 0.2) is 54.6 Å². The number of aromatic hydroxyl groups is 1. The Morgan fingerprint density at radius 3 is 2.25 bits per heavy atom. The molecule has 2 aromatic rings. The lowest BCUT2D eigenvalue weighted by Crippen LogP contribution is -2.33. The molecule has 0 amide bonds.